The fourth-order valence-electron chi connectivity index (χ4n) is 2.00. The maximum Gasteiger partial charge on any atom is 0.152 e. The summed E-state index contributed by atoms with van der Waals surface area (Å²) in [6.07, 6.45) is 0.520. The number of benzene rings is 1. The molecule has 18 heavy (non-hydrogen) atoms. The van der Waals surface area contributed by atoms with Crippen molar-refractivity contribution >= 4 is 32.8 Å². The summed E-state index contributed by atoms with van der Waals surface area (Å²) in [6.45, 7) is 0.873. The molecule has 2 rings (SSSR count). The van der Waals surface area contributed by atoms with E-state index in [1.807, 2.05) is 0 Å². The van der Waals surface area contributed by atoms with Crippen LogP contribution in [0.3, 0.4) is 0 Å². The van der Waals surface area contributed by atoms with Gasteiger partial charge in [0.25, 0.3) is 0 Å². The Hall–Kier alpha value is -1.01. The SMILES string of the molecule is Nc1cc(Cl)c(F)cc1N1CCCS(=O)(=O)CC1. The molecular weight excluding hydrogens is 279 g/mol. The standard InChI is InChI=1S/C11H14ClFN2O2S/c12-8-6-10(14)11(7-9(8)13)15-2-1-4-18(16,17)5-3-15/h6-7H,1-5,14H2. The Bertz CT molecular complexity index is 562. The van der Waals surface area contributed by atoms with Crippen molar-refractivity contribution in [3.05, 3.63) is 23.0 Å². The van der Waals surface area contributed by atoms with Gasteiger partial charge in [-0.05, 0) is 12.5 Å². The quantitative estimate of drug-likeness (QED) is 0.800. The molecule has 0 atom stereocenters. The Morgan fingerprint density at radius 1 is 1.28 bits per heavy atom. The van der Waals surface area contributed by atoms with E-state index < -0.39 is 15.7 Å². The number of nitrogen functional groups attached to an aromatic ring is 1. The van der Waals surface area contributed by atoms with Gasteiger partial charge in [0.05, 0.1) is 27.9 Å². The molecule has 1 aliphatic rings. The molecule has 0 radical (unpaired) electrons. The second-order valence-electron chi connectivity index (χ2n) is 4.32. The third-order valence-corrected chi connectivity index (χ3v) is 4.97. The van der Waals surface area contributed by atoms with Gasteiger partial charge in [-0.2, -0.15) is 0 Å². The van der Waals surface area contributed by atoms with Crippen LogP contribution in [-0.4, -0.2) is 33.0 Å². The molecule has 4 nitrogen and oxygen atoms in total. The van der Waals surface area contributed by atoms with Crippen molar-refractivity contribution in [1.29, 1.82) is 0 Å². The van der Waals surface area contributed by atoms with Gasteiger partial charge in [-0.15, -0.1) is 0 Å². The van der Waals surface area contributed by atoms with E-state index in [4.69, 9.17) is 17.3 Å². The summed E-state index contributed by atoms with van der Waals surface area (Å²) in [5, 5.41) is -0.0290. The van der Waals surface area contributed by atoms with Crippen LogP contribution in [0.2, 0.25) is 5.02 Å². The molecule has 0 bridgehead atoms. The number of nitrogens with zero attached hydrogens (tertiary/aromatic N) is 1. The smallest absolute Gasteiger partial charge is 0.152 e. The summed E-state index contributed by atoms with van der Waals surface area (Å²) < 4.78 is 36.4. The van der Waals surface area contributed by atoms with Crippen LogP contribution < -0.4 is 10.6 Å². The molecule has 1 heterocycles. The Balaban J connectivity index is 2.29. The molecule has 1 aromatic carbocycles. The minimum absolute atomic E-state index is 0.0290. The summed E-state index contributed by atoms with van der Waals surface area (Å²) in [5.41, 5.74) is 6.67. The van der Waals surface area contributed by atoms with Crippen molar-refractivity contribution in [3.63, 3.8) is 0 Å². The highest BCUT2D eigenvalue weighted by Gasteiger charge is 2.21. The lowest BCUT2D eigenvalue weighted by atomic mass is 10.2. The molecule has 1 aromatic rings. The van der Waals surface area contributed by atoms with Crippen molar-refractivity contribution < 1.29 is 12.8 Å². The van der Waals surface area contributed by atoms with E-state index in [0.29, 0.717) is 30.9 Å². The average molecular weight is 293 g/mol. The number of hydrogen-bond donors (Lipinski definition) is 1. The van der Waals surface area contributed by atoms with Crippen molar-refractivity contribution in [2.24, 2.45) is 0 Å². The van der Waals surface area contributed by atoms with Gasteiger partial charge in [-0.25, -0.2) is 12.8 Å². The lowest BCUT2D eigenvalue weighted by Gasteiger charge is -2.23. The van der Waals surface area contributed by atoms with Crippen molar-refractivity contribution in [1.82, 2.24) is 0 Å². The third-order valence-electron chi connectivity index (χ3n) is 2.97. The molecule has 1 aliphatic heterocycles. The van der Waals surface area contributed by atoms with Gasteiger partial charge in [-0.3, -0.25) is 0 Å². The minimum Gasteiger partial charge on any atom is -0.397 e. The molecule has 0 aromatic heterocycles. The van der Waals surface area contributed by atoms with Crippen LogP contribution in [0.25, 0.3) is 0 Å². The molecule has 1 fully saturated rings. The highest BCUT2D eigenvalue weighted by atomic mass is 35.5. The van der Waals surface area contributed by atoms with E-state index in [0.717, 1.165) is 0 Å². The fraction of sp³-hybridized carbons (Fsp3) is 0.455. The maximum absolute atomic E-state index is 13.4. The van der Waals surface area contributed by atoms with Crippen LogP contribution in [0.15, 0.2) is 12.1 Å². The molecule has 100 valence electrons. The Labute approximate surface area is 110 Å². The summed E-state index contributed by atoms with van der Waals surface area (Å²) in [4.78, 5) is 1.79. The lowest BCUT2D eigenvalue weighted by molar-refractivity contribution is 0.597. The highest BCUT2D eigenvalue weighted by molar-refractivity contribution is 7.91. The summed E-state index contributed by atoms with van der Waals surface area (Å²) in [7, 11) is -2.99. The number of rotatable bonds is 1. The predicted molar refractivity (Wildman–Crippen MR) is 71.3 cm³/mol. The van der Waals surface area contributed by atoms with Crippen molar-refractivity contribution in [2.45, 2.75) is 6.42 Å². The molecule has 0 saturated carbocycles. The zero-order chi connectivity index (χ0) is 13.3. The highest BCUT2D eigenvalue weighted by Crippen LogP contribution is 2.30. The second-order valence-corrected chi connectivity index (χ2v) is 7.03. The monoisotopic (exact) mass is 292 g/mol. The first kappa shape index (κ1) is 13.4. The topological polar surface area (TPSA) is 63.4 Å². The zero-order valence-corrected chi connectivity index (χ0v) is 11.3. The van der Waals surface area contributed by atoms with E-state index >= 15 is 0 Å². The van der Waals surface area contributed by atoms with E-state index in [1.165, 1.54) is 12.1 Å². The fourth-order valence-corrected chi connectivity index (χ4v) is 3.45. The maximum atomic E-state index is 13.4. The summed E-state index contributed by atoms with van der Waals surface area (Å²) >= 11 is 5.63. The Kier molecular flexibility index (Phi) is 3.68. The molecule has 0 unspecified atom stereocenters. The molecule has 0 amide bonds. The first-order chi connectivity index (χ1) is 8.39. The van der Waals surface area contributed by atoms with Gasteiger partial charge < -0.3 is 10.6 Å². The number of anilines is 2. The van der Waals surface area contributed by atoms with Gasteiger partial charge in [-0.1, -0.05) is 11.6 Å². The van der Waals surface area contributed by atoms with E-state index in [9.17, 15) is 12.8 Å². The van der Waals surface area contributed by atoms with E-state index in [1.54, 1.807) is 4.90 Å². The summed E-state index contributed by atoms with van der Waals surface area (Å²) in [5.74, 6) is -0.316. The number of nitrogens with two attached hydrogens (primary N) is 1. The zero-order valence-electron chi connectivity index (χ0n) is 9.70. The van der Waals surface area contributed by atoms with E-state index in [-0.39, 0.29) is 16.5 Å². The van der Waals surface area contributed by atoms with Gasteiger partial charge >= 0.3 is 0 Å². The first-order valence-corrected chi connectivity index (χ1v) is 7.79. The average Bonchev–Trinajstić information content (AvgIpc) is 2.45. The van der Waals surface area contributed by atoms with Crippen LogP contribution >= 0.6 is 11.6 Å². The summed E-state index contributed by atoms with van der Waals surface area (Å²) in [6, 6.07) is 2.61. The van der Waals surface area contributed by atoms with Crippen molar-refractivity contribution in [3.8, 4) is 0 Å². The van der Waals surface area contributed by atoms with Crippen LogP contribution in [-0.2, 0) is 9.84 Å². The lowest BCUT2D eigenvalue weighted by Crippen LogP contribution is -2.27. The largest absolute Gasteiger partial charge is 0.397 e. The predicted octanol–water partition coefficient (Wildman–Crippen LogP) is 1.69. The normalized spacial score (nSPS) is 19.6. The van der Waals surface area contributed by atoms with Crippen LogP contribution in [0.5, 0.6) is 0 Å². The molecule has 7 heteroatoms. The molecule has 0 spiro atoms. The molecule has 2 N–H and O–H groups in total. The minimum atomic E-state index is -2.99. The molecular formula is C11H14ClFN2O2S. The number of hydrogen-bond acceptors (Lipinski definition) is 4. The third kappa shape index (κ3) is 2.87. The van der Waals surface area contributed by atoms with Crippen molar-refractivity contribution in [2.75, 3.05) is 35.2 Å². The Morgan fingerprint density at radius 3 is 2.72 bits per heavy atom. The van der Waals surface area contributed by atoms with Gasteiger partial charge in [0.1, 0.15) is 5.82 Å². The second kappa shape index (κ2) is 4.93. The van der Waals surface area contributed by atoms with E-state index in [2.05, 4.69) is 0 Å². The van der Waals surface area contributed by atoms with Crippen LogP contribution in [0, 0.1) is 5.82 Å². The van der Waals surface area contributed by atoms with Gasteiger partial charge in [0.2, 0.25) is 0 Å². The number of sulfone groups is 1. The number of halogens is 2. The molecule has 1 saturated heterocycles. The Morgan fingerprint density at radius 2 is 2.00 bits per heavy atom. The molecule has 0 aliphatic carbocycles. The van der Waals surface area contributed by atoms with Gasteiger partial charge in [0.15, 0.2) is 9.84 Å². The first-order valence-electron chi connectivity index (χ1n) is 5.59. The van der Waals surface area contributed by atoms with Gasteiger partial charge in [0, 0.05) is 19.2 Å². The van der Waals surface area contributed by atoms with Crippen LogP contribution in [0.4, 0.5) is 15.8 Å². The van der Waals surface area contributed by atoms with Crippen LogP contribution in [0.1, 0.15) is 6.42 Å².